The fraction of sp³-hybridized carbons (Fsp3) is 0.115. The first-order valence-electron chi connectivity index (χ1n) is 11.3. The van der Waals surface area contributed by atoms with Gasteiger partial charge in [0.05, 0.1) is 28.4 Å². The number of rotatable bonds is 7. The van der Waals surface area contributed by atoms with Gasteiger partial charge in [0.2, 0.25) is 5.91 Å². The maximum atomic E-state index is 13.0. The Kier molecular flexibility index (Phi) is 6.42. The van der Waals surface area contributed by atoms with Gasteiger partial charge in [-0.05, 0) is 54.7 Å². The normalized spacial score (nSPS) is 17.0. The number of carbonyl (C=O) groups is 1. The van der Waals surface area contributed by atoms with Crippen LogP contribution in [0.5, 0.6) is 0 Å². The summed E-state index contributed by atoms with van der Waals surface area (Å²) in [4.78, 5) is 30.3. The number of nitro groups is 1. The second-order valence-electron chi connectivity index (χ2n) is 8.25. The number of non-ortho nitro benzene ring substituents is 1. The van der Waals surface area contributed by atoms with Gasteiger partial charge in [-0.15, -0.1) is 0 Å². The number of thiocarbonyl (C=S) groups is 1. The molecular formula is C26H22N6O3S. The van der Waals surface area contributed by atoms with Crippen LogP contribution in [0, 0.1) is 10.1 Å². The first kappa shape index (κ1) is 23.2. The zero-order valence-corrected chi connectivity index (χ0v) is 19.8. The number of aromatic nitrogens is 2. The predicted molar refractivity (Wildman–Crippen MR) is 140 cm³/mol. The standard InChI is InChI=1S/C26H22N6O3S/c33-23(28-18-8-2-1-3-9-18)17-31-25(24(29-26(31)36)21-12-4-5-14-27-21)22-13-7-15-30(22)19-10-6-11-20(16-19)32(34)35/h1-16,24-25H,17H2,(H,28,33)(H,29,36)/t24-,25+/m0/s1. The van der Waals surface area contributed by atoms with Crippen LogP contribution in [0.4, 0.5) is 11.4 Å². The lowest BCUT2D eigenvalue weighted by Crippen LogP contribution is -2.37. The Balaban J connectivity index is 1.53. The van der Waals surface area contributed by atoms with Crippen LogP contribution in [0.1, 0.15) is 23.5 Å². The summed E-state index contributed by atoms with van der Waals surface area (Å²) in [6.07, 6.45) is 3.55. The number of amides is 1. The van der Waals surface area contributed by atoms with Gasteiger partial charge in [-0.1, -0.05) is 30.3 Å². The molecule has 1 aliphatic heterocycles. The van der Waals surface area contributed by atoms with Crippen molar-refractivity contribution in [1.29, 1.82) is 0 Å². The van der Waals surface area contributed by atoms with E-state index in [0.717, 1.165) is 11.4 Å². The van der Waals surface area contributed by atoms with E-state index in [0.29, 0.717) is 16.5 Å². The predicted octanol–water partition coefficient (Wildman–Crippen LogP) is 4.39. The average molecular weight is 499 g/mol. The van der Waals surface area contributed by atoms with E-state index < -0.39 is 11.0 Å². The number of carbonyl (C=O) groups excluding carboxylic acids is 1. The molecule has 3 heterocycles. The Hall–Kier alpha value is -4.57. The summed E-state index contributed by atoms with van der Waals surface area (Å²) < 4.78 is 1.88. The fourth-order valence-corrected chi connectivity index (χ4v) is 4.71. The quantitative estimate of drug-likeness (QED) is 0.221. The molecule has 180 valence electrons. The summed E-state index contributed by atoms with van der Waals surface area (Å²) in [6.45, 7) is 0.00878. The van der Waals surface area contributed by atoms with Crippen LogP contribution in [0.2, 0.25) is 0 Å². The van der Waals surface area contributed by atoms with Gasteiger partial charge in [0.1, 0.15) is 6.54 Å². The van der Waals surface area contributed by atoms with Crippen LogP contribution in [0.3, 0.4) is 0 Å². The number of anilines is 1. The number of benzene rings is 2. The number of nitrogens with zero attached hydrogens (tertiary/aromatic N) is 4. The first-order chi connectivity index (χ1) is 17.5. The molecule has 0 radical (unpaired) electrons. The second kappa shape index (κ2) is 9.96. The average Bonchev–Trinajstić information content (AvgIpc) is 3.50. The Labute approximate surface area is 212 Å². The molecule has 9 nitrogen and oxygen atoms in total. The van der Waals surface area contributed by atoms with Crippen molar-refractivity contribution in [3.63, 3.8) is 0 Å². The van der Waals surface area contributed by atoms with Crippen molar-refractivity contribution in [2.45, 2.75) is 12.1 Å². The highest BCUT2D eigenvalue weighted by Gasteiger charge is 2.42. The summed E-state index contributed by atoms with van der Waals surface area (Å²) in [5, 5.41) is 18.0. The van der Waals surface area contributed by atoms with Crippen molar-refractivity contribution in [3.05, 3.63) is 119 Å². The molecule has 0 saturated carbocycles. The molecule has 0 spiro atoms. The van der Waals surface area contributed by atoms with Crippen molar-refractivity contribution in [2.75, 3.05) is 11.9 Å². The molecule has 2 atom stereocenters. The van der Waals surface area contributed by atoms with Gasteiger partial charge in [-0.25, -0.2) is 0 Å². The van der Waals surface area contributed by atoms with E-state index in [1.807, 2.05) is 76.3 Å². The van der Waals surface area contributed by atoms with E-state index in [4.69, 9.17) is 12.2 Å². The zero-order chi connectivity index (χ0) is 25.1. The fourth-order valence-electron chi connectivity index (χ4n) is 4.40. The van der Waals surface area contributed by atoms with Crippen molar-refractivity contribution in [1.82, 2.24) is 19.8 Å². The maximum Gasteiger partial charge on any atom is 0.271 e. The molecule has 0 unspecified atom stereocenters. The van der Waals surface area contributed by atoms with Crippen molar-refractivity contribution < 1.29 is 9.72 Å². The van der Waals surface area contributed by atoms with Crippen LogP contribution in [-0.4, -0.2) is 36.9 Å². The molecule has 0 aliphatic carbocycles. The minimum absolute atomic E-state index is 0.00686. The molecule has 1 fully saturated rings. The summed E-state index contributed by atoms with van der Waals surface area (Å²) in [5.41, 5.74) is 2.90. The monoisotopic (exact) mass is 498 g/mol. The van der Waals surface area contributed by atoms with E-state index in [-0.39, 0.29) is 24.2 Å². The Bertz CT molecular complexity index is 1410. The smallest absolute Gasteiger partial charge is 0.271 e. The van der Waals surface area contributed by atoms with E-state index in [9.17, 15) is 14.9 Å². The topological polar surface area (TPSA) is 105 Å². The SMILES string of the molecule is O=C(CN1C(=S)N[C@@H](c2ccccn2)[C@H]1c1cccn1-c1cccc([N+](=O)[O-])c1)Nc1ccccc1. The largest absolute Gasteiger partial charge is 0.352 e. The number of hydrogen-bond donors (Lipinski definition) is 2. The lowest BCUT2D eigenvalue weighted by atomic mass is 10.0. The third kappa shape index (κ3) is 4.66. The van der Waals surface area contributed by atoms with Gasteiger partial charge < -0.3 is 20.1 Å². The second-order valence-corrected chi connectivity index (χ2v) is 8.64. The van der Waals surface area contributed by atoms with E-state index in [2.05, 4.69) is 15.6 Å². The van der Waals surface area contributed by atoms with Gasteiger partial charge in [-0.3, -0.25) is 19.9 Å². The van der Waals surface area contributed by atoms with Crippen LogP contribution in [-0.2, 0) is 4.79 Å². The molecule has 10 heteroatoms. The number of para-hydroxylation sites is 1. The van der Waals surface area contributed by atoms with Crippen LogP contribution in [0.25, 0.3) is 5.69 Å². The molecule has 2 N–H and O–H groups in total. The molecule has 1 saturated heterocycles. The van der Waals surface area contributed by atoms with Gasteiger partial charge in [0.15, 0.2) is 5.11 Å². The highest BCUT2D eigenvalue weighted by Crippen LogP contribution is 2.39. The lowest BCUT2D eigenvalue weighted by Gasteiger charge is -2.28. The minimum atomic E-state index is -0.421. The van der Waals surface area contributed by atoms with Gasteiger partial charge >= 0.3 is 0 Å². The van der Waals surface area contributed by atoms with Crippen molar-refractivity contribution in [2.24, 2.45) is 0 Å². The zero-order valence-electron chi connectivity index (χ0n) is 19.0. The Morgan fingerprint density at radius 3 is 2.61 bits per heavy atom. The molecular weight excluding hydrogens is 476 g/mol. The van der Waals surface area contributed by atoms with Crippen molar-refractivity contribution in [3.8, 4) is 5.69 Å². The maximum absolute atomic E-state index is 13.0. The number of nitrogens with one attached hydrogen (secondary N) is 2. The Morgan fingerprint density at radius 2 is 1.86 bits per heavy atom. The summed E-state index contributed by atoms with van der Waals surface area (Å²) >= 11 is 5.68. The van der Waals surface area contributed by atoms with Gasteiger partial charge in [0.25, 0.3) is 5.69 Å². The van der Waals surface area contributed by atoms with Gasteiger partial charge in [-0.2, -0.15) is 0 Å². The molecule has 36 heavy (non-hydrogen) atoms. The molecule has 1 aliphatic rings. The van der Waals surface area contributed by atoms with E-state index in [1.165, 1.54) is 12.1 Å². The van der Waals surface area contributed by atoms with Crippen LogP contribution >= 0.6 is 12.2 Å². The highest BCUT2D eigenvalue weighted by molar-refractivity contribution is 7.80. The minimum Gasteiger partial charge on any atom is -0.352 e. The summed E-state index contributed by atoms with van der Waals surface area (Å²) in [6, 6.07) is 24.3. The first-order valence-corrected chi connectivity index (χ1v) is 11.7. The molecule has 4 aromatic rings. The van der Waals surface area contributed by atoms with E-state index >= 15 is 0 Å². The molecule has 2 aromatic heterocycles. The van der Waals surface area contributed by atoms with Gasteiger partial charge in [0, 0.05) is 35.9 Å². The number of hydrogen-bond acceptors (Lipinski definition) is 5. The lowest BCUT2D eigenvalue weighted by molar-refractivity contribution is -0.384. The Morgan fingerprint density at radius 1 is 1.06 bits per heavy atom. The molecule has 2 aromatic carbocycles. The van der Waals surface area contributed by atoms with Crippen LogP contribution in [0.15, 0.2) is 97.3 Å². The molecule has 0 bridgehead atoms. The number of pyridine rings is 1. The number of nitro benzene ring substituents is 1. The molecule has 5 rings (SSSR count). The summed E-state index contributed by atoms with van der Waals surface area (Å²) in [5.74, 6) is -0.217. The van der Waals surface area contributed by atoms with Crippen molar-refractivity contribution >= 4 is 34.6 Å². The molecule has 1 amide bonds. The van der Waals surface area contributed by atoms with Crippen LogP contribution < -0.4 is 10.6 Å². The summed E-state index contributed by atoms with van der Waals surface area (Å²) in [7, 11) is 0. The van der Waals surface area contributed by atoms with E-state index in [1.54, 1.807) is 18.3 Å². The highest BCUT2D eigenvalue weighted by atomic mass is 32.1. The third-order valence-electron chi connectivity index (χ3n) is 5.97. The third-order valence-corrected chi connectivity index (χ3v) is 6.32.